The smallest absolute Gasteiger partial charge is 0.191 e. The van der Waals surface area contributed by atoms with Crippen LogP contribution in [0.3, 0.4) is 0 Å². The number of aliphatic imine (C=N–C) groups is 1. The summed E-state index contributed by atoms with van der Waals surface area (Å²) in [5, 5.41) is 6.66. The zero-order chi connectivity index (χ0) is 13.8. The summed E-state index contributed by atoms with van der Waals surface area (Å²) < 4.78 is 0. The molecular weight excluding hydrogens is 381 g/mol. The van der Waals surface area contributed by atoms with Crippen LogP contribution in [0.25, 0.3) is 0 Å². The first-order valence-electron chi connectivity index (χ1n) is 6.92. The number of nitrogens with one attached hydrogen (secondary N) is 2. The van der Waals surface area contributed by atoms with Gasteiger partial charge in [-0.15, -0.1) is 24.0 Å². The molecule has 0 saturated carbocycles. The predicted molar refractivity (Wildman–Crippen MR) is 103 cm³/mol. The van der Waals surface area contributed by atoms with Crippen LogP contribution in [0, 0.1) is 0 Å². The molecule has 0 heterocycles. The summed E-state index contributed by atoms with van der Waals surface area (Å²) in [5.41, 5.74) is 1.35. The molecule has 20 heavy (non-hydrogen) atoms. The van der Waals surface area contributed by atoms with Crippen LogP contribution in [-0.4, -0.2) is 37.6 Å². The van der Waals surface area contributed by atoms with E-state index in [1.54, 1.807) is 0 Å². The molecule has 0 aliphatic rings. The van der Waals surface area contributed by atoms with E-state index in [4.69, 9.17) is 0 Å². The minimum absolute atomic E-state index is 0. The summed E-state index contributed by atoms with van der Waals surface area (Å²) in [5.74, 6) is 2.10. The van der Waals surface area contributed by atoms with E-state index >= 15 is 0 Å². The predicted octanol–water partition coefficient (Wildman–Crippen LogP) is 3.16. The van der Waals surface area contributed by atoms with Gasteiger partial charge in [-0.3, -0.25) is 4.99 Å². The van der Waals surface area contributed by atoms with E-state index in [1.807, 2.05) is 17.8 Å². The SMILES string of the molecule is CCNC(=NCCCSC)NCCc1ccccc1.I. The highest BCUT2D eigenvalue weighted by Gasteiger charge is 1.97. The van der Waals surface area contributed by atoms with Crippen LogP contribution < -0.4 is 10.6 Å². The number of guanidine groups is 1. The molecule has 114 valence electrons. The van der Waals surface area contributed by atoms with Gasteiger partial charge in [-0.05, 0) is 37.3 Å². The van der Waals surface area contributed by atoms with Gasteiger partial charge >= 0.3 is 0 Å². The Balaban J connectivity index is 0.00000361. The maximum absolute atomic E-state index is 4.56. The highest BCUT2D eigenvalue weighted by molar-refractivity contribution is 14.0. The van der Waals surface area contributed by atoms with Crippen molar-refractivity contribution in [3.05, 3.63) is 35.9 Å². The molecule has 5 heteroatoms. The first kappa shape index (κ1) is 19.6. The van der Waals surface area contributed by atoms with Gasteiger partial charge in [0.25, 0.3) is 0 Å². The molecule has 0 unspecified atom stereocenters. The molecule has 0 radical (unpaired) electrons. The number of halogens is 1. The Morgan fingerprint density at radius 2 is 1.95 bits per heavy atom. The number of benzene rings is 1. The van der Waals surface area contributed by atoms with Gasteiger partial charge in [-0.2, -0.15) is 11.8 Å². The summed E-state index contributed by atoms with van der Waals surface area (Å²) in [6.07, 6.45) is 4.29. The number of hydrogen-bond donors (Lipinski definition) is 2. The average molecular weight is 407 g/mol. The molecular formula is C15H26IN3S. The lowest BCUT2D eigenvalue weighted by atomic mass is 10.1. The molecule has 0 bridgehead atoms. The van der Waals surface area contributed by atoms with Crippen LogP contribution in [0.4, 0.5) is 0 Å². The number of rotatable bonds is 8. The third kappa shape index (κ3) is 9.47. The van der Waals surface area contributed by atoms with Gasteiger partial charge in [0.05, 0.1) is 0 Å². The fraction of sp³-hybridized carbons (Fsp3) is 0.533. The lowest BCUT2D eigenvalue weighted by Gasteiger charge is -2.11. The van der Waals surface area contributed by atoms with E-state index < -0.39 is 0 Å². The normalized spacial score (nSPS) is 10.8. The van der Waals surface area contributed by atoms with E-state index in [9.17, 15) is 0 Å². The Morgan fingerprint density at radius 1 is 1.20 bits per heavy atom. The highest BCUT2D eigenvalue weighted by atomic mass is 127. The first-order valence-corrected chi connectivity index (χ1v) is 8.31. The maximum Gasteiger partial charge on any atom is 0.191 e. The molecule has 1 aromatic rings. The highest BCUT2D eigenvalue weighted by Crippen LogP contribution is 1.98. The second-order valence-corrected chi connectivity index (χ2v) is 5.25. The minimum Gasteiger partial charge on any atom is -0.357 e. The minimum atomic E-state index is 0. The zero-order valence-corrected chi connectivity index (χ0v) is 15.5. The Morgan fingerprint density at radius 3 is 2.60 bits per heavy atom. The largest absolute Gasteiger partial charge is 0.357 e. The molecule has 3 nitrogen and oxygen atoms in total. The van der Waals surface area contributed by atoms with E-state index in [1.165, 1.54) is 11.3 Å². The summed E-state index contributed by atoms with van der Waals surface area (Å²) in [7, 11) is 0. The average Bonchev–Trinajstić information content (AvgIpc) is 2.44. The Kier molecular flexibility index (Phi) is 13.3. The Hall–Kier alpha value is -0.430. The quantitative estimate of drug-likeness (QED) is 0.301. The van der Waals surface area contributed by atoms with Gasteiger partial charge in [0.15, 0.2) is 5.96 Å². The fourth-order valence-electron chi connectivity index (χ4n) is 1.71. The number of thioether (sulfide) groups is 1. The molecule has 2 N–H and O–H groups in total. The van der Waals surface area contributed by atoms with Crippen molar-refractivity contribution in [2.75, 3.05) is 31.6 Å². The Bertz CT molecular complexity index is 357. The third-order valence-corrected chi connectivity index (χ3v) is 3.37. The topological polar surface area (TPSA) is 36.4 Å². The maximum atomic E-state index is 4.56. The Labute approximate surface area is 144 Å². The molecule has 0 amide bonds. The summed E-state index contributed by atoms with van der Waals surface area (Å²) in [6, 6.07) is 10.5. The zero-order valence-electron chi connectivity index (χ0n) is 12.4. The van der Waals surface area contributed by atoms with Crippen molar-refractivity contribution in [3.63, 3.8) is 0 Å². The van der Waals surface area contributed by atoms with E-state index in [2.05, 4.69) is 53.1 Å². The van der Waals surface area contributed by atoms with E-state index in [0.717, 1.165) is 38.4 Å². The van der Waals surface area contributed by atoms with Crippen LogP contribution in [0.2, 0.25) is 0 Å². The molecule has 0 spiro atoms. The molecule has 0 saturated heterocycles. The van der Waals surface area contributed by atoms with Crippen molar-refractivity contribution in [1.29, 1.82) is 0 Å². The van der Waals surface area contributed by atoms with Crippen molar-refractivity contribution in [2.45, 2.75) is 19.8 Å². The van der Waals surface area contributed by atoms with Crippen LogP contribution in [0.5, 0.6) is 0 Å². The second kappa shape index (κ2) is 13.5. The van der Waals surface area contributed by atoms with Crippen molar-refractivity contribution >= 4 is 41.7 Å². The molecule has 1 rings (SSSR count). The van der Waals surface area contributed by atoms with Gasteiger partial charge in [0, 0.05) is 19.6 Å². The lowest BCUT2D eigenvalue weighted by Crippen LogP contribution is -2.38. The van der Waals surface area contributed by atoms with E-state index in [0.29, 0.717) is 0 Å². The summed E-state index contributed by atoms with van der Waals surface area (Å²) in [6.45, 7) is 4.80. The van der Waals surface area contributed by atoms with Crippen molar-refractivity contribution in [3.8, 4) is 0 Å². The van der Waals surface area contributed by atoms with Gasteiger partial charge in [-0.1, -0.05) is 30.3 Å². The lowest BCUT2D eigenvalue weighted by molar-refractivity contribution is 0.794. The monoisotopic (exact) mass is 407 g/mol. The molecule has 0 aliphatic heterocycles. The molecule has 0 fully saturated rings. The van der Waals surface area contributed by atoms with E-state index in [-0.39, 0.29) is 24.0 Å². The second-order valence-electron chi connectivity index (χ2n) is 4.27. The molecule has 0 atom stereocenters. The fourth-order valence-corrected chi connectivity index (χ4v) is 2.13. The third-order valence-electron chi connectivity index (χ3n) is 2.67. The van der Waals surface area contributed by atoms with Gasteiger partial charge in [-0.25, -0.2) is 0 Å². The molecule has 0 aromatic heterocycles. The van der Waals surface area contributed by atoms with Crippen LogP contribution in [0.15, 0.2) is 35.3 Å². The van der Waals surface area contributed by atoms with Crippen LogP contribution in [0.1, 0.15) is 18.9 Å². The first-order chi connectivity index (χ1) is 9.36. The number of nitrogens with zero attached hydrogens (tertiary/aromatic N) is 1. The summed E-state index contributed by atoms with van der Waals surface area (Å²) in [4.78, 5) is 4.56. The van der Waals surface area contributed by atoms with Crippen molar-refractivity contribution < 1.29 is 0 Å². The standard InChI is InChI=1S/C15H25N3S.HI/c1-3-16-15(17-11-7-13-19-2)18-12-10-14-8-5-4-6-9-14;/h4-6,8-9H,3,7,10-13H2,1-2H3,(H2,16,17,18);1H. The molecule has 0 aliphatic carbocycles. The number of hydrogen-bond acceptors (Lipinski definition) is 2. The van der Waals surface area contributed by atoms with Crippen LogP contribution in [-0.2, 0) is 6.42 Å². The van der Waals surface area contributed by atoms with Crippen LogP contribution >= 0.6 is 35.7 Å². The van der Waals surface area contributed by atoms with Gasteiger partial charge < -0.3 is 10.6 Å². The van der Waals surface area contributed by atoms with Gasteiger partial charge in [0.1, 0.15) is 0 Å². The summed E-state index contributed by atoms with van der Waals surface area (Å²) >= 11 is 1.87. The van der Waals surface area contributed by atoms with Crippen molar-refractivity contribution in [1.82, 2.24) is 10.6 Å². The van der Waals surface area contributed by atoms with Gasteiger partial charge in [0.2, 0.25) is 0 Å². The molecule has 1 aromatic carbocycles. The van der Waals surface area contributed by atoms with Crippen molar-refractivity contribution in [2.24, 2.45) is 4.99 Å².